The van der Waals surface area contributed by atoms with Crippen LogP contribution in [0.3, 0.4) is 0 Å². The topological polar surface area (TPSA) is 58.4 Å². The predicted molar refractivity (Wildman–Crippen MR) is 76.1 cm³/mol. The standard InChI is InChI=1S/C15H23N3O/c1-2-12-8-10-18(11-9-12)14(15(19)17-16)13-6-4-3-5-7-13/h3-7,12,14H,2,8-11,16H2,1H3,(H,17,19). The lowest BCUT2D eigenvalue weighted by Gasteiger charge is -2.36. The molecular weight excluding hydrogens is 238 g/mol. The molecule has 0 bridgehead atoms. The Bertz CT molecular complexity index is 399. The molecule has 1 heterocycles. The van der Waals surface area contributed by atoms with E-state index >= 15 is 0 Å². The molecule has 4 nitrogen and oxygen atoms in total. The van der Waals surface area contributed by atoms with Crippen LogP contribution in [0.25, 0.3) is 0 Å². The Morgan fingerprint density at radius 3 is 2.53 bits per heavy atom. The van der Waals surface area contributed by atoms with E-state index in [0.717, 1.165) is 37.4 Å². The fourth-order valence-corrected chi connectivity index (χ4v) is 2.86. The number of carbonyl (C=O) groups is 1. The third-order valence-electron chi connectivity index (χ3n) is 4.10. The SMILES string of the molecule is CCC1CCN(C(C(=O)NN)c2ccccc2)CC1. The van der Waals surface area contributed by atoms with E-state index in [9.17, 15) is 4.79 Å². The maximum Gasteiger partial charge on any atom is 0.255 e. The molecule has 0 saturated carbocycles. The lowest BCUT2D eigenvalue weighted by molar-refractivity contribution is -0.127. The van der Waals surface area contributed by atoms with Gasteiger partial charge in [-0.1, -0.05) is 43.7 Å². The molecular formula is C15H23N3O. The first-order valence-electron chi connectivity index (χ1n) is 7.05. The minimum atomic E-state index is -0.260. The molecule has 1 amide bonds. The molecule has 1 aliphatic rings. The first-order valence-corrected chi connectivity index (χ1v) is 7.05. The van der Waals surface area contributed by atoms with Crippen LogP contribution in [0, 0.1) is 5.92 Å². The summed E-state index contributed by atoms with van der Waals surface area (Å²) in [6.07, 6.45) is 3.56. The second-order valence-electron chi connectivity index (χ2n) is 5.21. The van der Waals surface area contributed by atoms with Crippen molar-refractivity contribution in [3.05, 3.63) is 35.9 Å². The highest BCUT2D eigenvalue weighted by Crippen LogP contribution is 2.28. The van der Waals surface area contributed by atoms with Gasteiger partial charge >= 0.3 is 0 Å². The molecule has 4 heteroatoms. The maximum atomic E-state index is 12.1. The number of piperidine rings is 1. The van der Waals surface area contributed by atoms with Crippen molar-refractivity contribution >= 4 is 5.91 Å². The lowest BCUT2D eigenvalue weighted by atomic mass is 9.92. The van der Waals surface area contributed by atoms with Gasteiger partial charge in [0, 0.05) is 0 Å². The fourth-order valence-electron chi connectivity index (χ4n) is 2.86. The van der Waals surface area contributed by atoms with Crippen molar-refractivity contribution in [3.63, 3.8) is 0 Å². The van der Waals surface area contributed by atoms with E-state index < -0.39 is 0 Å². The molecule has 3 N–H and O–H groups in total. The minimum Gasteiger partial charge on any atom is -0.293 e. The smallest absolute Gasteiger partial charge is 0.255 e. The van der Waals surface area contributed by atoms with Crippen LogP contribution in [0.1, 0.15) is 37.8 Å². The zero-order chi connectivity index (χ0) is 13.7. The summed E-state index contributed by atoms with van der Waals surface area (Å²) in [4.78, 5) is 14.3. The van der Waals surface area contributed by atoms with Crippen molar-refractivity contribution < 1.29 is 4.79 Å². The van der Waals surface area contributed by atoms with E-state index in [1.807, 2.05) is 30.3 Å². The molecule has 1 saturated heterocycles. The molecule has 104 valence electrons. The molecule has 1 unspecified atom stereocenters. The summed E-state index contributed by atoms with van der Waals surface area (Å²) in [7, 11) is 0. The molecule has 1 aliphatic heterocycles. The Morgan fingerprint density at radius 2 is 2.00 bits per heavy atom. The zero-order valence-electron chi connectivity index (χ0n) is 11.5. The molecule has 1 atom stereocenters. The van der Waals surface area contributed by atoms with Crippen molar-refractivity contribution in [2.24, 2.45) is 11.8 Å². The van der Waals surface area contributed by atoms with Crippen LogP contribution < -0.4 is 11.3 Å². The summed E-state index contributed by atoms with van der Waals surface area (Å²) in [5.41, 5.74) is 3.32. The van der Waals surface area contributed by atoms with E-state index in [-0.39, 0.29) is 11.9 Å². The fraction of sp³-hybridized carbons (Fsp3) is 0.533. The summed E-state index contributed by atoms with van der Waals surface area (Å²) in [6, 6.07) is 9.61. The molecule has 0 aliphatic carbocycles. The van der Waals surface area contributed by atoms with Gasteiger partial charge < -0.3 is 0 Å². The average molecular weight is 261 g/mol. The Balaban J connectivity index is 2.13. The number of amides is 1. The number of nitrogens with two attached hydrogens (primary N) is 1. The van der Waals surface area contributed by atoms with Crippen molar-refractivity contribution in [3.8, 4) is 0 Å². The van der Waals surface area contributed by atoms with Gasteiger partial charge in [0.05, 0.1) is 0 Å². The van der Waals surface area contributed by atoms with Crippen LogP contribution in [-0.2, 0) is 4.79 Å². The molecule has 1 aromatic carbocycles. The molecule has 1 fully saturated rings. The number of hydrogen-bond acceptors (Lipinski definition) is 3. The molecule has 0 radical (unpaired) electrons. The van der Waals surface area contributed by atoms with Crippen LogP contribution in [0.4, 0.5) is 0 Å². The first kappa shape index (κ1) is 14.0. The Hall–Kier alpha value is -1.39. The van der Waals surface area contributed by atoms with Gasteiger partial charge in [0.25, 0.3) is 5.91 Å². The average Bonchev–Trinajstić information content (AvgIpc) is 2.49. The quantitative estimate of drug-likeness (QED) is 0.494. The summed E-state index contributed by atoms with van der Waals surface area (Å²) < 4.78 is 0. The van der Waals surface area contributed by atoms with Crippen LogP contribution in [-0.4, -0.2) is 23.9 Å². The van der Waals surface area contributed by atoms with Crippen molar-refractivity contribution in [1.82, 2.24) is 10.3 Å². The normalized spacial score (nSPS) is 19.1. The van der Waals surface area contributed by atoms with Gasteiger partial charge in [-0.3, -0.25) is 15.1 Å². The number of hydrazine groups is 1. The van der Waals surface area contributed by atoms with E-state index in [2.05, 4.69) is 17.2 Å². The number of likely N-dealkylation sites (tertiary alicyclic amines) is 1. The molecule has 0 spiro atoms. The number of hydrogen-bond donors (Lipinski definition) is 2. The van der Waals surface area contributed by atoms with Crippen molar-refractivity contribution in [2.75, 3.05) is 13.1 Å². The molecule has 19 heavy (non-hydrogen) atoms. The monoisotopic (exact) mass is 261 g/mol. The third-order valence-corrected chi connectivity index (χ3v) is 4.10. The predicted octanol–water partition coefficient (Wildman–Crippen LogP) is 1.84. The van der Waals surface area contributed by atoms with Crippen LogP contribution in [0.15, 0.2) is 30.3 Å². The van der Waals surface area contributed by atoms with Gasteiger partial charge in [-0.05, 0) is 37.4 Å². The molecule has 2 rings (SSSR count). The number of rotatable bonds is 4. The summed E-state index contributed by atoms with van der Waals surface area (Å²) in [5.74, 6) is 6.02. The summed E-state index contributed by atoms with van der Waals surface area (Å²) in [6.45, 7) is 4.17. The van der Waals surface area contributed by atoms with Crippen LogP contribution in [0.5, 0.6) is 0 Å². The van der Waals surface area contributed by atoms with Crippen LogP contribution >= 0.6 is 0 Å². The Labute approximate surface area is 114 Å². The van der Waals surface area contributed by atoms with Gasteiger partial charge in [0.15, 0.2) is 0 Å². The summed E-state index contributed by atoms with van der Waals surface area (Å²) in [5, 5.41) is 0. The number of nitrogens with one attached hydrogen (secondary N) is 1. The Morgan fingerprint density at radius 1 is 1.37 bits per heavy atom. The van der Waals surface area contributed by atoms with Crippen molar-refractivity contribution in [2.45, 2.75) is 32.2 Å². The number of nitrogens with zero attached hydrogens (tertiary/aromatic N) is 1. The second kappa shape index (κ2) is 6.68. The van der Waals surface area contributed by atoms with Gasteiger partial charge in [0.2, 0.25) is 0 Å². The van der Waals surface area contributed by atoms with E-state index in [4.69, 9.17) is 5.84 Å². The number of benzene rings is 1. The van der Waals surface area contributed by atoms with Gasteiger partial charge in [-0.25, -0.2) is 5.84 Å². The van der Waals surface area contributed by atoms with Gasteiger partial charge in [-0.15, -0.1) is 0 Å². The van der Waals surface area contributed by atoms with Crippen LogP contribution in [0.2, 0.25) is 0 Å². The highest BCUT2D eigenvalue weighted by molar-refractivity contribution is 5.82. The highest BCUT2D eigenvalue weighted by atomic mass is 16.2. The highest BCUT2D eigenvalue weighted by Gasteiger charge is 2.30. The van der Waals surface area contributed by atoms with E-state index in [1.54, 1.807) is 0 Å². The zero-order valence-corrected chi connectivity index (χ0v) is 11.5. The van der Waals surface area contributed by atoms with E-state index in [0.29, 0.717) is 0 Å². The lowest BCUT2D eigenvalue weighted by Crippen LogP contribution is -2.46. The summed E-state index contributed by atoms with van der Waals surface area (Å²) >= 11 is 0. The van der Waals surface area contributed by atoms with Crippen molar-refractivity contribution in [1.29, 1.82) is 0 Å². The number of carbonyl (C=O) groups excluding carboxylic acids is 1. The van der Waals surface area contributed by atoms with E-state index in [1.165, 1.54) is 6.42 Å². The second-order valence-corrected chi connectivity index (χ2v) is 5.21. The van der Waals surface area contributed by atoms with Gasteiger partial charge in [-0.2, -0.15) is 0 Å². The maximum absolute atomic E-state index is 12.1. The Kier molecular flexibility index (Phi) is 4.93. The largest absolute Gasteiger partial charge is 0.293 e. The third kappa shape index (κ3) is 3.33. The molecule has 0 aromatic heterocycles. The first-order chi connectivity index (χ1) is 9.26. The minimum absolute atomic E-state index is 0.124. The molecule has 1 aromatic rings. The van der Waals surface area contributed by atoms with Gasteiger partial charge in [0.1, 0.15) is 6.04 Å².